The Labute approximate surface area is 92.2 Å². The van der Waals surface area contributed by atoms with Gasteiger partial charge in [0.05, 0.1) is 0 Å². The van der Waals surface area contributed by atoms with E-state index in [2.05, 4.69) is 18.5 Å². The second-order valence-electron chi connectivity index (χ2n) is 3.67. The molecule has 0 bridgehead atoms. The van der Waals surface area contributed by atoms with Crippen molar-refractivity contribution in [2.75, 3.05) is 13.6 Å². The van der Waals surface area contributed by atoms with Gasteiger partial charge in [0.15, 0.2) is 0 Å². The molecule has 0 atom stereocenters. The average Bonchev–Trinajstić information content (AvgIpc) is 2.21. The zero-order chi connectivity index (χ0) is 11.8. The summed E-state index contributed by atoms with van der Waals surface area (Å²) in [5.41, 5.74) is 0.728. The number of urea groups is 1. The Morgan fingerprint density at radius 1 is 1.47 bits per heavy atom. The number of likely N-dealkylation sites (N-methyl/N-ethyl adjacent to an activating group) is 1. The van der Waals surface area contributed by atoms with Gasteiger partial charge < -0.3 is 5.32 Å². The summed E-state index contributed by atoms with van der Waals surface area (Å²) in [6.07, 6.45) is 4.99. The highest BCUT2D eigenvalue weighted by molar-refractivity contribution is 5.76. The largest absolute Gasteiger partial charge is 0.337 e. The van der Waals surface area contributed by atoms with Crippen LogP contribution < -0.4 is 5.32 Å². The molecule has 0 saturated heterocycles. The zero-order valence-corrected chi connectivity index (χ0v) is 9.79. The Morgan fingerprint density at radius 3 is 2.47 bits per heavy atom. The van der Waals surface area contributed by atoms with E-state index < -0.39 is 0 Å². The Morgan fingerprint density at radius 2 is 2.07 bits per heavy atom. The minimum atomic E-state index is -0.128. The maximum Gasteiger partial charge on any atom is 0.321 e. The Hall–Kier alpha value is -1.51. The van der Waals surface area contributed by atoms with E-state index in [1.165, 1.54) is 4.90 Å². The quantitative estimate of drug-likeness (QED) is 0.692. The van der Waals surface area contributed by atoms with E-state index in [0.717, 1.165) is 5.70 Å². The van der Waals surface area contributed by atoms with Crippen molar-refractivity contribution in [2.24, 2.45) is 5.92 Å². The first-order valence-corrected chi connectivity index (χ1v) is 4.99. The van der Waals surface area contributed by atoms with Crippen LogP contribution in [0.25, 0.3) is 0 Å². The van der Waals surface area contributed by atoms with Crippen LogP contribution in [0.15, 0.2) is 37.1 Å². The third-order valence-electron chi connectivity index (χ3n) is 1.85. The lowest BCUT2D eigenvalue weighted by Crippen LogP contribution is -2.38. The first kappa shape index (κ1) is 13.5. The summed E-state index contributed by atoms with van der Waals surface area (Å²) in [5.74, 6) is 0.443. The van der Waals surface area contributed by atoms with Gasteiger partial charge in [-0.1, -0.05) is 33.1 Å². The molecule has 0 heterocycles. The van der Waals surface area contributed by atoms with Crippen LogP contribution in [0.3, 0.4) is 0 Å². The SMILES string of the molecule is C=C/C=C(\C=C)N(C)C(=O)NCC(C)C. The average molecular weight is 208 g/mol. The molecule has 0 radical (unpaired) electrons. The van der Waals surface area contributed by atoms with E-state index in [0.29, 0.717) is 12.5 Å². The van der Waals surface area contributed by atoms with Gasteiger partial charge in [0, 0.05) is 19.3 Å². The van der Waals surface area contributed by atoms with E-state index in [1.54, 1.807) is 25.3 Å². The highest BCUT2D eigenvalue weighted by Crippen LogP contribution is 2.03. The predicted molar refractivity (Wildman–Crippen MR) is 64.5 cm³/mol. The lowest BCUT2D eigenvalue weighted by Gasteiger charge is -2.19. The molecule has 1 N–H and O–H groups in total. The number of hydrogen-bond donors (Lipinski definition) is 1. The molecule has 3 nitrogen and oxygen atoms in total. The molecule has 0 aromatic carbocycles. The van der Waals surface area contributed by atoms with Crippen molar-refractivity contribution in [3.8, 4) is 0 Å². The fourth-order valence-corrected chi connectivity index (χ4v) is 0.965. The van der Waals surface area contributed by atoms with Gasteiger partial charge >= 0.3 is 6.03 Å². The Bertz CT molecular complexity index is 267. The highest BCUT2D eigenvalue weighted by Gasteiger charge is 2.10. The molecule has 0 aliphatic carbocycles. The van der Waals surface area contributed by atoms with Crippen molar-refractivity contribution in [3.63, 3.8) is 0 Å². The van der Waals surface area contributed by atoms with Gasteiger partial charge in [-0.05, 0) is 18.1 Å². The number of carbonyl (C=O) groups is 1. The maximum atomic E-state index is 11.6. The summed E-state index contributed by atoms with van der Waals surface area (Å²) in [6, 6.07) is -0.128. The molecular weight excluding hydrogens is 188 g/mol. The molecule has 0 aliphatic rings. The summed E-state index contributed by atoms with van der Waals surface area (Å²) < 4.78 is 0. The van der Waals surface area contributed by atoms with Crippen LogP contribution in [0.2, 0.25) is 0 Å². The lowest BCUT2D eigenvalue weighted by molar-refractivity contribution is 0.218. The summed E-state index contributed by atoms with van der Waals surface area (Å²) in [5, 5.41) is 2.82. The highest BCUT2D eigenvalue weighted by atomic mass is 16.2. The van der Waals surface area contributed by atoms with Gasteiger partial charge in [-0.15, -0.1) is 0 Å². The lowest BCUT2D eigenvalue weighted by atomic mass is 10.2. The van der Waals surface area contributed by atoms with Gasteiger partial charge in [-0.25, -0.2) is 4.79 Å². The fraction of sp³-hybridized carbons (Fsp3) is 0.417. The fourth-order valence-electron chi connectivity index (χ4n) is 0.965. The Balaban J connectivity index is 4.35. The zero-order valence-electron chi connectivity index (χ0n) is 9.79. The molecule has 0 spiro atoms. The molecule has 0 aromatic heterocycles. The monoisotopic (exact) mass is 208 g/mol. The summed E-state index contributed by atoms with van der Waals surface area (Å²) >= 11 is 0. The van der Waals surface area contributed by atoms with Crippen LogP contribution in [0.4, 0.5) is 4.79 Å². The molecule has 3 heteroatoms. The number of nitrogens with one attached hydrogen (secondary N) is 1. The standard InChI is InChI=1S/C12H20N2O/c1-6-8-11(7-2)14(5)12(15)13-9-10(3)4/h6-8,10H,1-2,9H2,3-5H3,(H,13,15)/b11-8+. The van der Waals surface area contributed by atoms with Crippen LogP contribution in [0, 0.1) is 5.92 Å². The molecule has 84 valence electrons. The van der Waals surface area contributed by atoms with Crippen LogP contribution in [-0.2, 0) is 0 Å². The number of nitrogens with zero attached hydrogens (tertiary/aromatic N) is 1. The number of allylic oxidation sites excluding steroid dienone is 3. The van der Waals surface area contributed by atoms with Gasteiger partial charge in [-0.3, -0.25) is 4.90 Å². The summed E-state index contributed by atoms with van der Waals surface area (Å²) in [6.45, 7) is 12.0. The maximum absolute atomic E-state index is 11.6. The van der Waals surface area contributed by atoms with E-state index >= 15 is 0 Å². The molecule has 0 rings (SSSR count). The third-order valence-corrected chi connectivity index (χ3v) is 1.85. The second kappa shape index (κ2) is 6.87. The van der Waals surface area contributed by atoms with Gasteiger partial charge in [0.2, 0.25) is 0 Å². The Kier molecular flexibility index (Phi) is 6.18. The number of amides is 2. The van der Waals surface area contributed by atoms with E-state index in [1.807, 2.05) is 13.8 Å². The van der Waals surface area contributed by atoms with Crippen molar-refractivity contribution in [3.05, 3.63) is 37.1 Å². The van der Waals surface area contributed by atoms with Crippen LogP contribution in [-0.4, -0.2) is 24.5 Å². The van der Waals surface area contributed by atoms with Gasteiger partial charge in [-0.2, -0.15) is 0 Å². The molecule has 15 heavy (non-hydrogen) atoms. The minimum absolute atomic E-state index is 0.128. The molecule has 0 fully saturated rings. The topological polar surface area (TPSA) is 32.3 Å². The van der Waals surface area contributed by atoms with Crippen molar-refractivity contribution in [2.45, 2.75) is 13.8 Å². The molecule has 0 saturated carbocycles. The van der Waals surface area contributed by atoms with Crippen LogP contribution in [0.1, 0.15) is 13.8 Å². The smallest absolute Gasteiger partial charge is 0.321 e. The molecule has 0 unspecified atom stereocenters. The number of carbonyl (C=O) groups excluding carboxylic acids is 1. The second-order valence-corrected chi connectivity index (χ2v) is 3.67. The third kappa shape index (κ3) is 5.05. The minimum Gasteiger partial charge on any atom is -0.337 e. The molecular formula is C12H20N2O. The molecule has 0 aliphatic heterocycles. The van der Waals surface area contributed by atoms with Crippen molar-refractivity contribution < 1.29 is 4.79 Å². The number of rotatable bonds is 5. The van der Waals surface area contributed by atoms with E-state index in [9.17, 15) is 4.79 Å². The summed E-state index contributed by atoms with van der Waals surface area (Å²) in [7, 11) is 1.70. The van der Waals surface area contributed by atoms with Gasteiger partial charge in [0.25, 0.3) is 0 Å². The predicted octanol–water partition coefficient (Wildman–Crippen LogP) is 2.54. The van der Waals surface area contributed by atoms with Crippen molar-refractivity contribution >= 4 is 6.03 Å². The van der Waals surface area contributed by atoms with Crippen LogP contribution >= 0.6 is 0 Å². The van der Waals surface area contributed by atoms with Crippen molar-refractivity contribution in [1.29, 1.82) is 0 Å². The normalized spacial score (nSPS) is 11.1. The van der Waals surface area contributed by atoms with Crippen LogP contribution in [0.5, 0.6) is 0 Å². The van der Waals surface area contributed by atoms with E-state index in [4.69, 9.17) is 0 Å². The van der Waals surface area contributed by atoms with Crippen molar-refractivity contribution in [1.82, 2.24) is 10.2 Å². The van der Waals surface area contributed by atoms with E-state index in [-0.39, 0.29) is 6.03 Å². The number of hydrogen-bond acceptors (Lipinski definition) is 1. The molecule has 0 aromatic rings. The first-order chi connectivity index (χ1) is 7.02. The summed E-state index contributed by atoms with van der Waals surface area (Å²) in [4.78, 5) is 13.1. The molecule has 2 amide bonds. The first-order valence-electron chi connectivity index (χ1n) is 4.99. The van der Waals surface area contributed by atoms with Gasteiger partial charge in [0.1, 0.15) is 0 Å².